The van der Waals surface area contributed by atoms with Crippen molar-refractivity contribution >= 4 is 11.7 Å². The molecule has 2 aromatic heterocycles. The van der Waals surface area contributed by atoms with E-state index in [1.54, 1.807) is 19.2 Å². The number of likely N-dealkylation sites (N-methyl/N-ethyl adjacent to an activating group) is 1. The van der Waals surface area contributed by atoms with E-state index in [1.807, 2.05) is 19.9 Å². The molecule has 7 nitrogen and oxygen atoms in total. The number of para-hydroxylation sites is 1. The molecular formula is C17H18FN5O2. The maximum atomic E-state index is 13.5. The van der Waals surface area contributed by atoms with Crippen molar-refractivity contribution in [2.24, 2.45) is 0 Å². The average molecular weight is 343 g/mol. The van der Waals surface area contributed by atoms with Crippen LogP contribution in [0.2, 0.25) is 0 Å². The number of amides is 1. The first kappa shape index (κ1) is 16.8. The van der Waals surface area contributed by atoms with Crippen molar-refractivity contribution in [1.29, 1.82) is 0 Å². The van der Waals surface area contributed by atoms with Crippen molar-refractivity contribution in [2.75, 3.05) is 20.2 Å². The molecule has 3 aromatic rings. The first-order valence-electron chi connectivity index (χ1n) is 7.79. The Hall–Kier alpha value is -3.03. The Bertz CT molecular complexity index is 925. The van der Waals surface area contributed by atoms with Crippen LogP contribution in [0.4, 0.5) is 4.39 Å². The molecule has 0 spiro atoms. The second-order valence-corrected chi connectivity index (χ2v) is 5.69. The van der Waals surface area contributed by atoms with Gasteiger partial charge in [0.2, 0.25) is 5.82 Å². The molecule has 8 heteroatoms. The van der Waals surface area contributed by atoms with E-state index in [0.29, 0.717) is 5.78 Å². The van der Waals surface area contributed by atoms with Crippen LogP contribution in [0, 0.1) is 19.7 Å². The van der Waals surface area contributed by atoms with Crippen LogP contribution in [0.15, 0.2) is 30.3 Å². The Morgan fingerprint density at radius 3 is 2.80 bits per heavy atom. The monoisotopic (exact) mass is 343 g/mol. The van der Waals surface area contributed by atoms with Gasteiger partial charge in [0.1, 0.15) is 6.61 Å². The summed E-state index contributed by atoms with van der Waals surface area (Å²) in [6.45, 7) is 4.16. The van der Waals surface area contributed by atoms with E-state index in [9.17, 15) is 9.18 Å². The van der Waals surface area contributed by atoms with Crippen molar-refractivity contribution in [2.45, 2.75) is 13.8 Å². The van der Waals surface area contributed by atoms with Gasteiger partial charge in [0, 0.05) is 18.4 Å². The summed E-state index contributed by atoms with van der Waals surface area (Å²) in [6, 6.07) is 8.00. The number of nitrogens with zero attached hydrogens (tertiary/aromatic N) is 5. The number of aryl methyl sites for hydroxylation is 2. The van der Waals surface area contributed by atoms with E-state index >= 15 is 0 Å². The van der Waals surface area contributed by atoms with E-state index in [0.717, 1.165) is 11.4 Å². The third-order valence-corrected chi connectivity index (χ3v) is 3.68. The summed E-state index contributed by atoms with van der Waals surface area (Å²) in [6.07, 6.45) is 0. The second kappa shape index (κ2) is 6.84. The molecule has 0 unspecified atom stereocenters. The van der Waals surface area contributed by atoms with Gasteiger partial charge in [0.05, 0.1) is 6.54 Å². The number of ether oxygens (including phenoxy) is 1. The van der Waals surface area contributed by atoms with Crippen LogP contribution in [0.5, 0.6) is 5.75 Å². The standard InChI is InChI=1S/C17H18FN5O2/c1-11-10-12(2)23-17(19-11)20-15(21-23)16(24)22(3)8-9-25-14-7-5-4-6-13(14)18/h4-7,10H,8-9H2,1-3H3. The first-order valence-corrected chi connectivity index (χ1v) is 7.79. The molecule has 0 aliphatic heterocycles. The number of halogens is 1. The van der Waals surface area contributed by atoms with Gasteiger partial charge in [-0.05, 0) is 32.0 Å². The molecule has 0 fully saturated rings. The summed E-state index contributed by atoms with van der Waals surface area (Å²) in [5.41, 5.74) is 1.66. The second-order valence-electron chi connectivity index (χ2n) is 5.69. The topological polar surface area (TPSA) is 72.6 Å². The quantitative estimate of drug-likeness (QED) is 0.709. The summed E-state index contributed by atoms with van der Waals surface area (Å²) in [4.78, 5) is 22.3. The van der Waals surface area contributed by atoms with Crippen LogP contribution < -0.4 is 4.74 Å². The molecule has 130 valence electrons. The van der Waals surface area contributed by atoms with Crippen LogP contribution in [0.1, 0.15) is 22.0 Å². The number of aromatic nitrogens is 4. The van der Waals surface area contributed by atoms with Crippen molar-refractivity contribution < 1.29 is 13.9 Å². The molecule has 25 heavy (non-hydrogen) atoms. The summed E-state index contributed by atoms with van der Waals surface area (Å²) >= 11 is 0. The average Bonchev–Trinajstić information content (AvgIpc) is 3.00. The Kier molecular flexibility index (Phi) is 4.60. The summed E-state index contributed by atoms with van der Waals surface area (Å²) in [5.74, 6) is -0.175. The van der Waals surface area contributed by atoms with E-state index in [-0.39, 0.29) is 30.6 Å². The molecule has 3 rings (SSSR count). The third-order valence-electron chi connectivity index (χ3n) is 3.68. The molecule has 0 saturated heterocycles. The first-order chi connectivity index (χ1) is 12.0. The Balaban J connectivity index is 1.66. The number of benzene rings is 1. The Morgan fingerprint density at radius 1 is 1.28 bits per heavy atom. The smallest absolute Gasteiger partial charge is 0.293 e. The molecule has 0 N–H and O–H groups in total. The fourth-order valence-electron chi connectivity index (χ4n) is 2.38. The van der Waals surface area contributed by atoms with E-state index < -0.39 is 5.82 Å². The normalized spacial score (nSPS) is 10.9. The van der Waals surface area contributed by atoms with Gasteiger partial charge < -0.3 is 9.64 Å². The van der Waals surface area contributed by atoms with Crippen LogP contribution in [-0.2, 0) is 0 Å². The molecule has 0 radical (unpaired) electrons. The fraction of sp³-hybridized carbons (Fsp3) is 0.294. The van der Waals surface area contributed by atoms with Gasteiger partial charge in [-0.15, -0.1) is 5.10 Å². The maximum Gasteiger partial charge on any atom is 0.293 e. The molecule has 0 saturated carbocycles. The fourth-order valence-corrected chi connectivity index (χ4v) is 2.38. The largest absolute Gasteiger partial charge is 0.489 e. The predicted octanol–water partition coefficient (Wildman–Crippen LogP) is 2.03. The zero-order chi connectivity index (χ0) is 18.0. The maximum absolute atomic E-state index is 13.5. The minimum absolute atomic E-state index is 0.0644. The summed E-state index contributed by atoms with van der Waals surface area (Å²) in [7, 11) is 1.62. The predicted molar refractivity (Wildman–Crippen MR) is 89.1 cm³/mol. The van der Waals surface area contributed by atoms with E-state index in [4.69, 9.17) is 4.74 Å². The van der Waals surface area contributed by atoms with Gasteiger partial charge in [0.15, 0.2) is 11.6 Å². The number of hydrogen-bond donors (Lipinski definition) is 0. The lowest BCUT2D eigenvalue weighted by molar-refractivity contribution is 0.0761. The molecule has 1 amide bonds. The number of rotatable bonds is 5. The van der Waals surface area contributed by atoms with E-state index in [1.165, 1.54) is 21.5 Å². The van der Waals surface area contributed by atoms with Gasteiger partial charge in [-0.1, -0.05) is 12.1 Å². The minimum atomic E-state index is -0.435. The SMILES string of the molecule is Cc1cc(C)n2nc(C(=O)N(C)CCOc3ccccc3F)nc2n1. The zero-order valence-corrected chi connectivity index (χ0v) is 14.2. The number of hydrogen-bond acceptors (Lipinski definition) is 5. The highest BCUT2D eigenvalue weighted by Crippen LogP contribution is 2.15. The summed E-state index contributed by atoms with van der Waals surface area (Å²) < 4.78 is 20.4. The molecule has 0 aliphatic carbocycles. The van der Waals surface area contributed by atoms with Crippen molar-refractivity contribution in [3.8, 4) is 5.75 Å². The van der Waals surface area contributed by atoms with Gasteiger partial charge in [-0.2, -0.15) is 4.98 Å². The lowest BCUT2D eigenvalue weighted by Crippen LogP contribution is -2.31. The number of fused-ring (bicyclic) bond motifs is 1. The lowest BCUT2D eigenvalue weighted by atomic mass is 10.3. The van der Waals surface area contributed by atoms with E-state index in [2.05, 4.69) is 15.1 Å². The van der Waals surface area contributed by atoms with Gasteiger partial charge in [-0.25, -0.2) is 13.9 Å². The van der Waals surface area contributed by atoms with Crippen molar-refractivity contribution in [3.05, 3.63) is 53.4 Å². The highest BCUT2D eigenvalue weighted by Gasteiger charge is 2.19. The number of carbonyl (C=O) groups is 1. The lowest BCUT2D eigenvalue weighted by Gasteiger charge is -2.15. The molecule has 2 heterocycles. The van der Waals surface area contributed by atoms with Crippen LogP contribution in [-0.4, -0.2) is 50.6 Å². The van der Waals surface area contributed by atoms with Crippen molar-refractivity contribution in [3.63, 3.8) is 0 Å². The molecule has 0 bridgehead atoms. The third kappa shape index (κ3) is 3.57. The highest BCUT2D eigenvalue weighted by atomic mass is 19.1. The van der Waals surface area contributed by atoms with Gasteiger partial charge in [-0.3, -0.25) is 4.79 Å². The van der Waals surface area contributed by atoms with Crippen molar-refractivity contribution in [1.82, 2.24) is 24.5 Å². The Labute approximate surface area is 144 Å². The highest BCUT2D eigenvalue weighted by molar-refractivity contribution is 5.90. The van der Waals surface area contributed by atoms with Crippen LogP contribution in [0.3, 0.4) is 0 Å². The molecule has 0 atom stereocenters. The zero-order valence-electron chi connectivity index (χ0n) is 14.2. The molecular weight excluding hydrogens is 325 g/mol. The molecule has 1 aromatic carbocycles. The number of carbonyl (C=O) groups excluding carboxylic acids is 1. The van der Waals surface area contributed by atoms with Crippen LogP contribution in [0.25, 0.3) is 5.78 Å². The van der Waals surface area contributed by atoms with Crippen LogP contribution >= 0.6 is 0 Å². The van der Waals surface area contributed by atoms with Gasteiger partial charge >= 0.3 is 0 Å². The minimum Gasteiger partial charge on any atom is -0.489 e. The van der Waals surface area contributed by atoms with Gasteiger partial charge in [0.25, 0.3) is 11.7 Å². The Morgan fingerprint density at radius 2 is 2.04 bits per heavy atom. The summed E-state index contributed by atoms with van der Waals surface area (Å²) in [5, 5.41) is 4.21. The molecule has 0 aliphatic rings.